The van der Waals surface area contributed by atoms with Crippen molar-refractivity contribution in [1.82, 2.24) is 0 Å². The molecule has 0 spiro atoms. The van der Waals surface area contributed by atoms with Crippen molar-refractivity contribution >= 4 is 17.6 Å². The van der Waals surface area contributed by atoms with Gasteiger partial charge >= 0.3 is 5.97 Å². The SMILES string of the molecule is COCCCOc1c(OC)cc(Cl)cc1C(=O)O. The van der Waals surface area contributed by atoms with Crippen LogP contribution in [0.1, 0.15) is 16.8 Å². The minimum absolute atomic E-state index is 0.0169. The molecule has 6 heteroatoms. The number of hydrogen-bond acceptors (Lipinski definition) is 4. The molecule has 18 heavy (non-hydrogen) atoms. The highest BCUT2D eigenvalue weighted by atomic mass is 35.5. The predicted molar refractivity (Wildman–Crippen MR) is 67.0 cm³/mol. The van der Waals surface area contributed by atoms with E-state index in [0.717, 1.165) is 0 Å². The fourth-order valence-electron chi connectivity index (χ4n) is 1.41. The Kier molecular flexibility index (Phi) is 5.74. The number of halogens is 1. The average Bonchev–Trinajstić information content (AvgIpc) is 2.34. The number of aromatic carboxylic acids is 1. The number of carboxylic acid groups (broad SMARTS) is 1. The highest BCUT2D eigenvalue weighted by molar-refractivity contribution is 6.31. The summed E-state index contributed by atoms with van der Waals surface area (Å²) in [4.78, 5) is 11.1. The van der Waals surface area contributed by atoms with E-state index in [1.165, 1.54) is 19.2 Å². The summed E-state index contributed by atoms with van der Waals surface area (Å²) >= 11 is 5.81. The van der Waals surface area contributed by atoms with Crippen LogP contribution in [0.5, 0.6) is 11.5 Å². The Labute approximate surface area is 110 Å². The maximum absolute atomic E-state index is 11.1. The van der Waals surface area contributed by atoms with Crippen LogP contribution < -0.4 is 9.47 Å². The summed E-state index contributed by atoms with van der Waals surface area (Å²) in [6.07, 6.45) is 0.654. The first kappa shape index (κ1) is 14.6. The molecule has 0 aliphatic heterocycles. The van der Waals surface area contributed by atoms with Gasteiger partial charge in [-0.05, 0) is 6.07 Å². The molecule has 0 fully saturated rings. The summed E-state index contributed by atoms with van der Waals surface area (Å²) in [5.74, 6) is -0.625. The van der Waals surface area contributed by atoms with Crippen LogP contribution in [0.4, 0.5) is 0 Å². The van der Waals surface area contributed by atoms with Crippen LogP contribution in [0.2, 0.25) is 5.02 Å². The second kappa shape index (κ2) is 7.08. The molecule has 0 aliphatic rings. The lowest BCUT2D eigenvalue weighted by Crippen LogP contribution is -2.07. The van der Waals surface area contributed by atoms with Gasteiger partial charge in [-0.15, -0.1) is 0 Å². The van der Waals surface area contributed by atoms with Crippen molar-refractivity contribution in [2.75, 3.05) is 27.4 Å². The van der Waals surface area contributed by atoms with Gasteiger partial charge in [0.1, 0.15) is 5.56 Å². The standard InChI is InChI=1S/C12H15ClO5/c1-16-4-3-5-18-11-9(12(14)15)6-8(13)7-10(11)17-2/h6-7H,3-5H2,1-2H3,(H,14,15). The third-order valence-corrected chi connectivity index (χ3v) is 2.43. The van der Waals surface area contributed by atoms with Gasteiger partial charge in [0.15, 0.2) is 11.5 Å². The van der Waals surface area contributed by atoms with Crippen molar-refractivity contribution in [2.45, 2.75) is 6.42 Å². The van der Waals surface area contributed by atoms with Crippen LogP contribution in [0, 0.1) is 0 Å². The Balaban J connectivity index is 2.94. The van der Waals surface area contributed by atoms with Crippen molar-refractivity contribution < 1.29 is 24.1 Å². The van der Waals surface area contributed by atoms with Gasteiger partial charge in [0.25, 0.3) is 0 Å². The van der Waals surface area contributed by atoms with E-state index in [2.05, 4.69) is 0 Å². The average molecular weight is 275 g/mol. The van der Waals surface area contributed by atoms with Crippen LogP contribution in [-0.2, 0) is 4.74 Å². The van der Waals surface area contributed by atoms with Crippen LogP contribution in [0.25, 0.3) is 0 Å². The molecule has 0 aliphatic carbocycles. The monoisotopic (exact) mass is 274 g/mol. The normalized spacial score (nSPS) is 10.2. The molecule has 0 bridgehead atoms. The molecule has 5 nitrogen and oxygen atoms in total. The Hall–Kier alpha value is -1.46. The zero-order valence-corrected chi connectivity index (χ0v) is 11.0. The third kappa shape index (κ3) is 3.78. The molecule has 0 amide bonds. The zero-order chi connectivity index (χ0) is 13.5. The molecule has 0 saturated heterocycles. The molecule has 0 aromatic heterocycles. The summed E-state index contributed by atoms with van der Waals surface area (Å²) in [7, 11) is 3.02. The molecule has 0 atom stereocenters. The molecular weight excluding hydrogens is 260 g/mol. The van der Waals surface area contributed by atoms with Gasteiger partial charge in [0.2, 0.25) is 0 Å². The Bertz CT molecular complexity index is 419. The maximum Gasteiger partial charge on any atom is 0.339 e. The minimum atomic E-state index is -1.11. The lowest BCUT2D eigenvalue weighted by molar-refractivity contribution is 0.0691. The Morgan fingerprint density at radius 2 is 2.06 bits per heavy atom. The number of hydrogen-bond donors (Lipinski definition) is 1. The van der Waals surface area contributed by atoms with Gasteiger partial charge in [-0.2, -0.15) is 0 Å². The molecule has 0 saturated carbocycles. The Morgan fingerprint density at radius 1 is 1.33 bits per heavy atom. The van der Waals surface area contributed by atoms with Gasteiger partial charge in [0, 0.05) is 31.2 Å². The lowest BCUT2D eigenvalue weighted by Gasteiger charge is -2.13. The molecule has 0 radical (unpaired) electrons. The summed E-state index contributed by atoms with van der Waals surface area (Å²) in [6, 6.07) is 2.84. The van der Waals surface area contributed by atoms with E-state index < -0.39 is 5.97 Å². The van der Waals surface area contributed by atoms with E-state index in [4.69, 9.17) is 30.9 Å². The predicted octanol–water partition coefficient (Wildman–Crippen LogP) is 2.46. The number of benzene rings is 1. The van der Waals surface area contributed by atoms with E-state index in [0.29, 0.717) is 25.4 Å². The highest BCUT2D eigenvalue weighted by Gasteiger charge is 2.18. The van der Waals surface area contributed by atoms with Crippen LogP contribution >= 0.6 is 11.6 Å². The zero-order valence-electron chi connectivity index (χ0n) is 10.2. The second-order valence-electron chi connectivity index (χ2n) is 3.48. The van der Waals surface area contributed by atoms with Gasteiger partial charge < -0.3 is 19.3 Å². The molecule has 1 aromatic carbocycles. The summed E-state index contributed by atoms with van der Waals surface area (Å²) in [5.41, 5.74) is -0.0169. The second-order valence-corrected chi connectivity index (χ2v) is 3.92. The van der Waals surface area contributed by atoms with E-state index >= 15 is 0 Å². The van der Waals surface area contributed by atoms with Crippen LogP contribution in [0.3, 0.4) is 0 Å². The highest BCUT2D eigenvalue weighted by Crippen LogP contribution is 2.34. The van der Waals surface area contributed by atoms with Crippen molar-refractivity contribution in [3.63, 3.8) is 0 Å². The van der Waals surface area contributed by atoms with E-state index in [9.17, 15) is 4.79 Å². The molecule has 1 rings (SSSR count). The third-order valence-electron chi connectivity index (χ3n) is 2.21. The van der Waals surface area contributed by atoms with Crippen molar-refractivity contribution in [3.8, 4) is 11.5 Å². The molecular formula is C12H15ClO5. The smallest absolute Gasteiger partial charge is 0.339 e. The van der Waals surface area contributed by atoms with Gasteiger partial charge in [-0.3, -0.25) is 0 Å². The number of carboxylic acids is 1. The summed E-state index contributed by atoms with van der Waals surface area (Å²) in [6.45, 7) is 0.879. The van der Waals surface area contributed by atoms with Crippen molar-refractivity contribution in [2.24, 2.45) is 0 Å². The fraction of sp³-hybridized carbons (Fsp3) is 0.417. The lowest BCUT2D eigenvalue weighted by atomic mass is 10.2. The first-order chi connectivity index (χ1) is 8.60. The molecule has 0 heterocycles. The first-order valence-corrected chi connectivity index (χ1v) is 5.70. The summed E-state index contributed by atoms with van der Waals surface area (Å²) in [5, 5.41) is 9.38. The largest absolute Gasteiger partial charge is 0.493 e. The molecule has 0 unspecified atom stereocenters. The van der Waals surface area contributed by atoms with Crippen LogP contribution in [0.15, 0.2) is 12.1 Å². The molecule has 1 aromatic rings. The molecule has 100 valence electrons. The van der Waals surface area contributed by atoms with E-state index in [1.807, 2.05) is 0 Å². The van der Waals surface area contributed by atoms with Gasteiger partial charge in [0.05, 0.1) is 13.7 Å². The Morgan fingerprint density at radius 3 is 2.61 bits per heavy atom. The topological polar surface area (TPSA) is 65.0 Å². The minimum Gasteiger partial charge on any atom is -0.493 e. The first-order valence-electron chi connectivity index (χ1n) is 5.32. The van der Waals surface area contributed by atoms with E-state index in [1.54, 1.807) is 7.11 Å². The van der Waals surface area contributed by atoms with Crippen molar-refractivity contribution in [1.29, 1.82) is 0 Å². The number of rotatable bonds is 7. The number of carbonyl (C=O) groups is 1. The van der Waals surface area contributed by atoms with E-state index in [-0.39, 0.29) is 16.3 Å². The number of methoxy groups -OCH3 is 2. The fourth-order valence-corrected chi connectivity index (χ4v) is 1.61. The van der Waals surface area contributed by atoms with Crippen LogP contribution in [-0.4, -0.2) is 38.5 Å². The van der Waals surface area contributed by atoms with Gasteiger partial charge in [-0.1, -0.05) is 11.6 Å². The van der Waals surface area contributed by atoms with Gasteiger partial charge in [-0.25, -0.2) is 4.79 Å². The molecule has 1 N–H and O–H groups in total. The number of ether oxygens (including phenoxy) is 3. The quantitative estimate of drug-likeness (QED) is 0.774. The maximum atomic E-state index is 11.1. The summed E-state index contributed by atoms with van der Waals surface area (Å²) < 4.78 is 15.4. The van der Waals surface area contributed by atoms with Crippen molar-refractivity contribution in [3.05, 3.63) is 22.7 Å².